The maximum Gasteiger partial charge on any atom is 0.134 e. The molecular formula is C12H20N4. The van der Waals surface area contributed by atoms with Crippen LogP contribution in [0, 0.1) is 5.41 Å². The van der Waals surface area contributed by atoms with E-state index in [1.807, 2.05) is 0 Å². The predicted octanol–water partition coefficient (Wildman–Crippen LogP) is 2.22. The second kappa shape index (κ2) is 4.28. The van der Waals surface area contributed by atoms with Crippen molar-refractivity contribution in [2.75, 3.05) is 17.6 Å². The minimum atomic E-state index is 0.519. The largest absolute Gasteiger partial charge is 0.383 e. The van der Waals surface area contributed by atoms with Crippen LogP contribution in [0.25, 0.3) is 0 Å². The summed E-state index contributed by atoms with van der Waals surface area (Å²) in [7, 11) is 0. The van der Waals surface area contributed by atoms with Crippen LogP contribution < -0.4 is 11.1 Å². The number of nitrogens with zero attached hydrogens (tertiary/aromatic N) is 2. The van der Waals surface area contributed by atoms with Gasteiger partial charge in [-0.1, -0.05) is 13.8 Å². The molecule has 0 atom stereocenters. The lowest BCUT2D eigenvalue weighted by atomic mass is 10.0. The summed E-state index contributed by atoms with van der Waals surface area (Å²) in [5.41, 5.74) is 7.38. The second-order valence-corrected chi connectivity index (χ2v) is 4.65. The molecule has 1 heterocycles. The monoisotopic (exact) mass is 220 g/mol. The molecule has 0 bridgehead atoms. The van der Waals surface area contributed by atoms with Gasteiger partial charge in [0.05, 0.1) is 0 Å². The van der Waals surface area contributed by atoms with Crippen LogP contribution in [-0.2, 0) is 6.42 Å². The molecule has 0 aliphatic heterocycles. The molecule has 0 unspecified atom stereocenters. The zero-order valence-electron chi connectivity index (χ0n) is 10.1. The summed E-state index contributed by atoms with van der Waals surface area (Å²) in [6.45, 7) is 5.34. The smallest absolute Gasteiger partial charge is 0.134 e. The molecule has 88 valence electrons. The predicted molar refractivity (Wildman–Crippen MR) is 66.3 cm³/mol. The van der Waals surface area contributed by atoms with Gasteiger partial charge in [-0.05, 0) is 31.1 Å². The molecule has 0 saturated heterocycles. The third-order valence-electron chi connectivity index (χ3n) is 3.67. The number of nitrogens with two attached hydrogens (primary N) is 1. The molecule has 2 rings (SSSR count). The van der Waals surface area contributed by atoms with Crippen molar-refractivity contribution in [2.45, 2.75) is 39.5 Å². The number of hydrogen-bond donors (Lipinski definition) is 2. The van der Waals surface area contributed by atoms with E-state index in [1.54, 1.807) is 0 Å². The van der Waals surface area contributed by atoms with Gasteiger partial charge in [-0.15, -0.1) is 0 Å². The summed E-state index contributed by atoms with van der Waals surface area (Å²) < 4.78 is 0. The van der Waals surface area contributed by atoms with Crippen LogP contribution in [-0.4, -0.2) is 16.5 Å². The quantitative estimate of drug-likeness (QED) is 0.798. The number of anilines is 2. The van der Waals surface area contributed by atoms with E-state index < -0.39 is 0 Å². The zero-order valence-corrected chi connectivity index (χ0v) is 10.1. The molecule has 0 radical (unpaired) electrons. The highest BCUT2D eigenvalue weighted by Crippen LogP contribution is 2.48. The van der Waals surface area contributed by atoms with Gasteiger partial charge in [0.2, 0.25) is 0 Å². The molecular weight excluding hydrogens is 200 g/mol. The SMILES string of the molecule is CCc1c(N)ncnc1NCC1(CC)CC1. The van der Waals surface area contributed by atoms with E-state index in [2.05, 4.69) is 29.1 Å². The Kier molecular flexibility index (Phi) is 2.99. The van der Waals surface area contributed by atoms with Gasteiger partial charge in [-0.25, -0.2) is 9.97 Å². The van der Waals surface area contributed by atoms with Crippen molar-refractivity contribution in [3.8, 4) is 0 Å². The van der Waals surface area contributed by atoms with E-state index in [-0.39, 0.29) is 0 Å². The highest BCUT2D eigenvalue weighted by Gasteiger charge is 2.40. The molecule has 1 aliphatic carbocycles. The molecule has 1 fully saturated rings. The molecule has 3 N–H and O–H groups in total. The van der Waals surface area contributed by atoms with Crippen molar-refractivity contribution >= 4 is 11.6 Å². The van der Waals surface area contributed by atoms with Gasteiger partial charge in [0.15, 0.2) is 0 Å². The van der Waals surface area contributed by atoms with Crippen LogP contribution in [0.1, 0.15) is 38.7 Å². The van der Waals surface area contributed by atoms with Crippen LogP contribution in [0.5, 0.6) is 0 Å². The van der Waals surface area contributed by atoms with Crippen molar-refractivity contribution in [2.24, 2.45) is 5.41 Å². The first-order valence-corrected chi connectivity index (χ1v) is 6.04. The van der Waals surface area contributed by atoms with Crippen molar-refractivity contribution in [3.05, 3.63) is 11.9 Å². The van der Waals surface area contributed by atoms with Crippen LogP contribution >= 0.6 is 0 Å². The normalized spacial score (nSPS) is 17.1. The Morgan fingerprint density at radius 1 is 1.38 bits per heavy atom. The van der Waals surface area contributed by atoms with Gasteiger partial charge in [0.1, 0.15) is 18.0 Å². The van der Waals surface area contributed by atoms with Gasteiger partial charge >= 0.3 is 0 Å². The second-order valence-electron chi connectivity index (χ2n) is 4.65. The highest BCUT2D eigenvalue weighted by molar-refractivity contribution is 5.55. The Labute approximate surface area is 96.7 Å². The van der Waals surface area contributed by atoms with Crippen molar-refractivity contribution in [1.82, 2.24) is 9.97 Å². The van der Waals surface area contributed by atoms with Crippen LogP contribution in [0.3, 0.4) is 0 Å². The number of rotatable bonds is 5. The van der Waals surface area contributed by atoms with E-state index in [0.29, 0.717) is 11.2 Å². The van der Waals surface area contributed by atoms with Crippen molar-refractivity contribution < 1.29 is 0 Å². The first-order chi connectivity index (χ1) is 7.71. The van der Waals surface area contributed by atoms with E-state index in [9.17, 15) is 0 Å². The summed E-state index contributed by atoms with van der Waals surface area (Å²) in [5, 5.41) is 3.43. The Bertz CT molecular complexity index is 371. The van der Waals surface area contributed by atoms with Gasteiger partial charge in [-0.3, -0.25) is 0 Å². The van der Waals surface area contributed by atoms with E-state index in [1.165, 1.54) is 25.6 Å². The minimum absolute atomic E-state index is 0.519. The fourth-order valence-electron chi connectivity index (χ4n) is 2.03. The molecule has 1 saturated carbocycles. The summed E-state index contributed by atoms with van der Waals surface area (Å²) in [6, 6.07) is 0. The minimum Gasteiger partial charge on any atom is -0.383 e. The third kappa shape index (κ3) is 2.10. The molecule has 4 nitrogen and oxygen atoms in total. The van der Waals surface area contributed by atoms with Gasteiger partial charge in [-0.2, -0.15) is 0 Å². The first kappa shape index (κ1) is 11.2. The van der Waals surface area contributed by atoms with Gasteiger partial charge in [0, 0.05) is 12.1 Å². The van der Waals surface area contributed by atoms with Crippen molar-refractivity contribution in [1.29, 1.82) is 0 Å². The maximum absolute atomic E-state index is 5.83. The zero-order chi connectivity index (χ0) is 11.6. The molecule has 4 heteroatoms. The molecule has 1 aromatic heterocycles. The van der Waals surface area contributed by atoms with Crippen LogP contribution in [0.2, 0.25) is 0 Å². The van der Waals surface area contributed by atoms with Gasteiger partial charge in [0.25, 0.3) is 0 Å². The van der Waals surface area contributed by atoms with E-state index >= 15 is 0 Å². The third-order valence-corrected chi connectivity index (χ3v) is 3.67. The van der Waals surface area contributed by atoms with E-state index in [4.69, 9.17) is 5.73 Å². The number of nitrogens with one attached hydrogen (secondary N) is 1. The lowest BCUT2D eigenvalue weighted by molar-refractivity contribution is 0.520. The highest BCUT2D eigenvalue weighted by atomic mass is 15.0. The fraction of sp³-hybridized carbons (Fsp3) is 0.667. The Balaban J connectivity index is 2.06. The lowest BCUT2D eigenvalue weighted by Crippen LogP contribution is -2.17. The van der Waals surface area contributed by atoms with Crippen LogP contribution in [0.4, 0.5) is 11.6 Å². The molecule has 1 aromatic rings. The number of hydrogen-bond acceptors (Lipinski definition) is 4. The van der Waals surface area contributed by atoms with E-state index in [0.717, 1.165) is 24.3 Å². The Morgan fingerprint density at radius 2 is 2.12 bits per heavy atom. The maximum atomic E-state index is 5.83. The van der Waals surface area contributed by atoms with Gasteiger partial charge < -0.3 is 11.1 Å². The standard InChI is InChI=1S/C12H20N4/c1-3-9-10(13)15-8-16-11(9)14-7-12(4-2)5-6-12/h8H,3-7H2,1-2H3,(H3,13,14,15,16). The summed E-state index contributed by atoms with van der Waals surface area (Å²) in [4.78, 5) is 8.29. The average Bonchev–Trinajstić information content (AvgIpc) is 3.07. The summed E-state index contributed by atoms with van der Waals surface area (Å²) >= 11 is 0. The molecule has 1 aliphatic rings. The molecule has 16 heavy (non-hydrogen) atoms. The Hall–Kier alpha value is -1.32. The van der Waals surface area contributed by atoms with Crippen molar-refractivity contribution in [3.63, 3.8) is 0 Å². The molecule has 0 spiro atoms. The molecule has 0 aromatic carbocycles. The topological polar surface area (TPSA) is 63.8 Å². The molecule has 0 amide bonds. The number of aromatic nitrogens is 2. The average molecular weight is 220 g/mol. The van der Waals surface area contributed by atoms with Crippen LogP contribution in [0.15, 0.2) is 6.33 Å². The summed E-state index contributed by atoms with van der Waals surface area (Å²) in [6.07, 6.45) is 6.30. The first-order valence-electron chi connectivity index (χ1n) is 6.04. The number of nitrogen functional groups attached to an aromatic ring is 1. The lowest BCUT2D eigenvalue weighted by Gasteiger charge is -2.16. The fourth-order valence-corrected chi connectivity index (χ4v) is 2.03. The summed E-state index contributed by atoms with van der Waals surface area (Å²) in [5.74, 6) is 1.51. The Morgan fingerprint density at radius 3 is 2.69 bits per heavy atom.